The van der Waals surface area contributed by atoms with Crippen molar-refractivity contribution in [1.29, 1.82) is 0 Å². The fourth-order valence-corrected chi connectivity index (χ4v) is 4.33. The molecule has 0 spiro atoms. The number of fused-ring (bicyclic) bond motifs is 2. The first-order valence-corrected chi connectivity index (χ1v) is 8.40. The number of benzene rings is 1. The van der Waals surface area contributed by atoms with Gasteiger partial charge in [0.1, 0.15) is 0 Å². The van der Waals surface area contributed by atoms with Crippen molar-refractivity contribution < 1.29 is 4.79 Å². The highest BCUT2D eigenvalue weighted by molar-refractivity contribution is 5.86. The highest BCUT2D eigenvalue weighted by Gasteiger charge is 2.44. The van der Waals surface area contributed by atoms with Crippen molar-refractivity contribution in [2.24, 2.45) is 11.8 Å². The number of hydrogen-bond donors (Lipinski definition) is 0. The zero-order valence-corrected chi connectivity index (χ0v) is 13.7. The third-order valence-electron chi connectivity index (χ3n) is 5.35. The maximum Gasteiger partial charge on any atom is 0.230 e. The van der Waals surface area contributed by atoms with Crippen LogP contribution in [0.15, 0.2) is 24.3 Å². The van der Waals surface area contributed by atoms with Crippen molar-refractivity contribution in [2.75, 3.05) is 0 Å². The van der Waals surface area contributed by atoms with Crippen LogP contribution in [0.1, 0.15) is 57.6 Å². The lowest BCUT2D eigenvalue weighted by Crippen LogP contribution is -2.45. The third kappa shape index (κ3) is 2.39. The lowest BCUT2D eigenvalue weighted by atomic mass is 9.84. The molecule has 3 atom stereocenters. The van der Waals surface area contributed by atoms with Crippen LogP contribution in [-0.4, -0.2) is 22.9 Å². The van der Waals surface area contributed by atoms with Gasteiger partial charge in [0.05, 0.1) is 5.92 Å². The van der Waals surface area contributed by atoms with Crippen molar-refractivity contribution >= 4 is 5.91 Å². The lowest BCUT2D eigenvalue weighted by Gasteiger charge is -2.34. The number of carbonyl (C=O) groups is 1. The van der Waals surface area contributed by atoms with E-state index in [9.17, 15) is 4.79 Å². The molecule has 2 heterocycles. The van der Waals surface area contributed by atoms with Gasteiger partial charge in [-0.2, -0.15) is 0 Å². The average molecular weight is 285 g/mol. The number of nitrogens with zero attached hydrogens (tertiary/aromatic N) is 1. The van der Waals surface area contributed by atoms with Crippen molar-refractivity contribution in [3.8, 4) is 0 Å². The highest BCUT2D eigenvalue weighted by atomic mass is 16.2. The smallest absolute Gasteiger partial charge is 0.230 e. The Labute approximate surface area is 128 Å². The van der Waals surface area contributed by atoms with Gasteiger partial charge in [0.2, 0.25) is 5.91 Å². The maximum absolute atomic E-state index is 13.3. The Hall–Kier alpha value is -1.31. The van der Waals surface area contributed by atoms with E-state index in [1.54, 1.807) is 0 Å². The number of hydrogen-bond acceptors (Lipinski definition) is 1. The fraction of sp³-hybridized carbons (Fsp3) is 0.632. The summed E-state index contributed by atoms with van der Waals surface area (Å²) >= 11 is 0. The monoisotopic (exact) mass is 285 g/mol. The van der Waals surface area contributed by atoms with Gasteiger partial charge in [0.15, 0.2) is 0 Å². The van der Waals surface area contributed by atoms with Crippen molar-refractivity contribution in [2.45, 2.75) is 65.0 Å². The molecule has 0 radical (unpaired) electrons. The van der Waals surface area contributed by atoms with E-state index in [0.717, 1.165) is 12.8 Å². The summed E-state index contributed by atoms with van der Waals surface area (Å²) in [4.78, 5) is 15.5. The van der Waals surface area contributed by atoms with E-state index in [1.807, 2.05) is 0 Å². The minimum Gasteiger partial charge on any atom is -0.336 e. The molecular formula is C19H27NO. The molecule has 114 valence electrons. The lowest BCUT2D eigenvalue weighted by molar-refractivity contribution is -0.137. The molecule has 0 aliphatic carbocycles. The minimum absolute atomic E-state index is 0.0329. The molecule has 1 aromatic rings. The predicted octanol–water partition coefficient (Wildman–Crippen LogP) is 4.00. The SMILES string of the molecule is CC(C)[C@@H]1C(=O)N2[C@H](CC[C@H]2C(C)C)Cc2ccccc21. The molecule has 0 N–H and O–H groups in total. The Morgan fingerprint density at radius 3 is 2.43 bits per heavy atom. The summed E-state index contributed by atoms with van der Waals surface area (Å²) < 4.78 is 0. The first kappa shape index (κ1) is 14.6. The summed E-state index contributed by atoms with van der Waals surface area (Å²) in [6.45, 7) is 8.87. The fourth-order valence-electron chi connectivity index (χ4n) is 4.33. The van der Waals surface area contributed by atoms with Crippen molar-refractivity contribution in [3.05, 3.63) is 35.4 Å². The molecule has 2 nitrogen and oxygen atoms in total. The second-order valence-electron chi connectivity index (χ2n) is 7.41. The molecule has 21 heavy (non-hydrogen) atoms. The maximum atomic E-state index is 13.3. The van der Waals surface area contributed by atoms with E-state index >= 15 is 0 Å². The quantitative estimate of drug-likeness (QED) is 0.804. The Bertz CT molecular complexity index is 534. The molecule has 0 saturated carbocycles. The van der Waals surface area contributed by atoms with Gasteiger partial charge in [0.25, 0.3) is 0 Å². The molecule has 0 unspecified atom stereocenters. The number of carbonyl (C=O) groups excluding carboxylic acids is 1. The molecule has 2 aliphatic rings. The minimum atomic E-state index is 0.0329. The van der Waals surface area contributed by atoms with Gasteiger partial charge in [-0.15, -0.1) is 0 Å². The van der Waals surface area contributed by atoms with Gasteiger partial charge in [-0.1, -0.05) is 52.0 Å². The van der Waals surface area contributed by atoms with Gasteiger partial charge in [0, 0.05) is 12.1 Å². The molecule has 1 fully saturated rings. The molecule has 1 aromatic carbocycles. The first-order valence-electron chi connectivity index (χ1n) is 8.40. The van der Waals surface area contributed by atoms with E-state index < -0.39 is 0 Å². The topological polar surface area (TPSA) is 20.3 Å². The van der Waals surface area contributed by atoms with E-state index in [2.05, 4.69) is 56.9 Å². The molecule has 0 aromatic heterocycles. The first-order chi connectivity index (χ1) is 10.0. The van der Waals surface area contributed by atoms with Crippen LogP contribution >= 0.6 is 0 Å². The van der Waals surface area contributed by atoms with Crippen LogP contribution in [0.2, 0.25) is 0 Å². The highest BCUT2D eigenvalue weighted by Crippen LogP contribution is 2.40. The number of rotatable bonds is 2. The van der Waals surface area contributed by atoms with Crippen molar-refractivity contribution in [3.63, 3.8) is 0 Å². The zero-order valence-electron chi connectivity index (χ0n) is 13.7. The van der Waals surface area contributed by atoms with Crippen LogP contribution in [0.4, 0.5) is 0 Å². The summed E-state index contributed by atoms with van der Waals surface area (Å²) in [5.41, 5.74) is 2.66. The third-order valence-corrected chi connectivity index (χ3v) is 5.35. The molecule has 2 heteroatoms. The Kier molecular flexibility index (Phi) is 3.81. The summed E-state index contributed by atoms with van der Waals surface area (Å²) in [5, 5.41) is 0. The Morgan fingerprint density at radius 2 is 1.76 bits per heavy atom. The summed E-state index contributed by atoms with van der Waals surface area (Å²) in [6.07, 6.45) is 3.36. The summed E-state index contributed by atoms with van der Waals surface area (Å²) in [6, 6.07) is 9.44. The molecule has 3 rings (SSSR count). The molecular weight excluding hydrogens is 258 g/mol. The molecule has 1 amide bonds. The summed E-state index contributed by atoms with van der Waals surface area (Å²) in [7, 11) is 0. The van der Waals surface area contributed by atoms with Gasteiger partial charge in [-0.05, 0) is 42.2 Å². The average Bonchev–Trinajstić information content (AvgIpc) is 2.79. The second-order valence-corrected chi connectivity index (χ2v) is 7.41. The van der Waals surface area contributed by atoms with Gasteiger partial charge < -0.3 is 4.90 Å². The van der Waals surface area contributed by atoms with Crippen LogP contribution in [0.3, 0.4) is 0 Å². The van der Waals surface area contributed by atoms with Crippen LogP contribution in [0, 0.1) is 11.8 Å². The van der Waals surface area contributed by atoms with E-state index in [1.165, 1.54) is 17.5 Å². The zero-order chi connectivity index (χ0) is 15.1. The van der Waals surface area contributed by atoms with Crippen LogP contribution in [0.25, 0.3) is 0 Å². The standard InChI is InChI=1S/C19H27NO/c1-12(2)17-10-9-15-11-14-7-5-6-8-16(14)18(13(3)4)19(21)20(15)17/h5-8,12-13,15,17-18H,9-11H2,1-4H3/t15-,17+,18+/m1/s1. The van der Waals surface area contributed by atoms with Gasteiger partial charge >= 0.3 is 0 Å². The van der Waals surface area contributed by atoms with Gasteiger partial charge in [-0.3, -0.25) is 4.79 Å². The molecule has 1 saturated heterocycles. The van der Waals surface area contributed by atoms with Crippen molar-refractivity contribution in [1.82, 2.24) is 4.90 Å². The van der Waals surface area contributed by atoms with E-state index in [-0.39, 0.29) is 5.92 Å². The normalized spacial score (nSPS) is 28.8. The second kappa shape index (κ2) is 5.47. The van der Waals surface area contributed by atoms with Gasteiger partial charge in [-0.25, -0.2) is 0 Å². The number of amides is 1. The predicted molar refractivity (Wildman–Crippen MR) is 86.2 cm³/mol. The van der Waals surface area contributed by atoms with E-state index in [4.69, 9.17) is 0 Å². The molecule has 0 bridgehead atoms. The summed E-state index contributed by atoms with van der Waals surface area (Å²) in [5.74, 6) is 1.31. The largest absolute Gasteiger partial charge is 0.336 e. The molecule has 2 aliphatic heterocycles. The van der Waals surface area contributed by atoms with E-state index in [0.29, 0.717) is 29.8 Å². The Morgan fingerprint density at radius 1 is 1.05 bits per heavy atom. The van der Waals surface area contributed by atoms with Crippen LogP contribution < -0.4 is 0 Å². The van der Waals surface area contributed by atoms with Crippen LogP contribution in [0.5, 0.6) is 0 Å². The Balaban J connectivity index is 2.06. The van der Waals surface area contributed by atoms with Crippen LogP contribution in [-0.2, 0) is 11.2 Å².